The fourth-order valence-electron chi connectivity index (χ4n) is 1.81. The summed E-state index contributed by atoms with van der Waals surface area (Å²) in [7, 11) is 0. The summed E-state index contributed by atoms with van der Waals surface area (Å²) in [5, 5.41) is 10.1. The molecule has 2 rings (SSSR count). The van der Waals surface area contributed by atoms with Gasteiger partial charge in [0.15, 0.2) is 17.5 Å². The van der Waals surface area contributed by atoms with Crippen molar-refractivity contribution in [1.82, 2.24) is 0 Å². The van der Waals surface area contributed by atoms with Crippen molar-refractivity contribution in [3.8, 4) is 0 Å². The largest absolute Gasteiger partial charge is 0.383 e. The summed E-state index contributed by atoms with van der Waals surface area (Å²) in [6, 6.07) is 5.40. The van der Waals surface area contributed by atoms with E-state index in [0.29, 0.717) is 4.88 Å². The van der Waals surface area contributed by atoms with Crippen LogP contribution in [-0.2, 0) is 5.41 Å². The summed E-state index contributed by atoms with van der Waals surface area (Å²) in [6.07, 6.45) is -1.30. The zero-order chi connectivity index (χ0) is 15.1. The van der Waals surface area contributed by atoms with E-state index in [-0.39, 0.29) is 11.0 Å². The van der Waals surface area contributed by atoms with Crippen LogP contribution in [0.2, 0.25) is 0 Å². The molecule has 1 aromatic heterocycles. The molecule has 0 radical (unpaired) electrons. The van der Waals surface area contributed by atoms with Gasteiger partial charge in [0, 0.05) is 15.3 Å². The van der Waals surface area contributed by atoms with E-state index >= 15 is 0 Å². The van der Waals surface area contributed by atoms with Crippen LogP contribution in [0.3, 0.4) is 0 Å². The number of thiophene rings is 1. The minimum Gasteiger partial charge on any atom is -0.383 e. The van der Waals surface area contributed by atoms with Crippen molar-refractivity contribution in [2.45, 2.75) is 32.3 Å². The minimum absolute atomic E-state index is 0.0881. The Morgan fingerprint density at radius 2 is 1.65 bits per heavy atom. The van der Waals surface area contributed by atoms with Gasteiger partial charge in [0.2, 0.25) is 0 Å². The molecule has 0 aliphatic heterocycles. The Balaban J connectivity index is 2.39. The van der Waals surface area contributed by atoms with Gasteiger partial charge < -0.3 is 5.11 Å². The first-order valence-electron chi connectivity index (χ1n) is 6.13. The maximum absolute atomic E-state index is 13.7. The van der Waals surface area contributed by atoms with E-state index in [0.717, 1.165) is 17.0 Å². The van der Waals surface area contributed by atoms with Crippen LogP contribution in [0, 0.1) is 17.5 Å². The average molecular weight is 300 g/mol. The van der Waals surface area contributed by atoms with Crippen LogP contribution >= 0.6 is 11.3 Å². The van der Waals surface area contributed by atoms with Crippen molar-refractivity contribution in [1.29, 1.82) is 0 Å². The van der Waals surface area contributed by atoms with Gasteiger partial charge in [-0.05, 0) is 29.7 Å². The van der Waals surface area contributed by atoms with E-state index < -0.39 is 23.6 Å². The molecule has 1 aromatic carbocycles. The Bertz CT molecular complexity index is 629. The molecule has 20 heavy (non-hydrogen) atoms. The number of rotatable bonds is 2. The van der Waals surface area contributed by atoms with Gasteiger partial charge in [0.05, 0.1) is 0 Å². The zero-order valence-electron chi connectivity index (χ0n) is 11.4. The van der Waals surface area contributed by atoms with Crippen molar-refractivity contribution in [3.05, 3.63) is 57.0 Å². The molecule has 1 heterocycles. The highest BCUT2D eigenvalue weighted by atomic mass is 32.1. The normalized spacial score (nSPS) is 13.6. The Hall–Kier alpha value is -1.33. The number of halogens is 3. The van der Waals surface area contributed by atoms with Gasteiger partial charge >= 0.3 is 0 Å². The highest BCUT2D eigenvalue weighted by molar-refractivity contribution is 7.12. The lowest BCUT2D eigenvalue weighted by Gasteiger charge is -2.16. The van der Waals surface area contributed by atoms with Crippen molar-refractivity contribution in [2.75, 3.05) is 0 Å². The van der Waals surface area contributed by atoms with E-state index in [4.69, 9.17) is 0 Å². The molecular formula is C15H15F3OS. The van der Waals surface area contributed by atoms with E-state index in [2.05, 4.69) is 0 Å². The SMILES string of the molecule is CC(C)(C)c1ccc(C(O)c2ccc(F)c(F)c2F)s1. The van der Waals surface area contributed by atoms with E-state index in [1.165, 1.54) is 11.3 Å². The second-order valence-corrected chi connectivity index (χ2v) is 6.73. The second kappa shape index (κ2) is 5.22. The molecule has 0 bridgehead atoms. The van der Waals surface area contributed by atoms with Gasteiger partial charge in [-0.3, -0.25) is 0 Å². The number of aliphatic hydroxyl groups is 1. The fourth-order valence-corrected chi connectivity index (χ4v) is 2.88. The van der Waals surface area contributed by atoms with Crippen LogP contribution in [-0.4, -0.2) is 5.11 Å². The summed E-state index contributed by atoms with van der Waals surface area (Å²) >= 11 is 1.33. The molecule has 5 heteroatoms. The fraction of sp³-hybridized carbons (Fsp3) is 0.333. The lowest BCUT2D eigenvalue weighted by Crippen LogP contribution is -2.08. The standard InChI is InChI=1S/C15H15F3OS/c1-15(2,3)11-7-6-10(20-11)14(19)8-4-5-9(16)13(18)12(8)17/h4-7,14,19H,1-3H3. The minimum atomic E-state index is -1.56. The predicted octanol–water partition coefficient (Wildman–Crippen LogP) is 4.54. The van der Waals surface area contributed by atoms with Gasteiger partial charge in [-0.25, -0.2) is 13.2 Å². The van der Waals surface area contributed by atoms with Crippen LogP contribution in [0.4, 0.5) is 13.2 Å². The summed E-state index contributed by atoms with van der Waals surface area (Å²) in [4.78, 5) is 1.52. The molecule has 0 aliphatic carbocycles. The van der Waals surface area contributed by atoms with Crippen molar-refractivity contribution in [3.63, 3.8) is 0 Å². The maximum atomic E-state index is 13.7. The van der Waals surface area contributed by atoms with Crippen molar-refractivity contribution in [2.24, 2.45) is 0 Å². The Labute approximate surface area is 119 Å². The summed E-state index contributed by atoms with van der Waals surface area (Å²) in [5.74, 6) is -4.17. The highest BCUT2D eigenvalue weighted by Gasteiger charge is 2.23. The van der Waals surface area contributed by atoms with Crippen molar-refractivity contribution < 1.29 is 18.3 Å². The zero-order valence-corrected chi connectivity index (χ0v) is 12.2. The molecule has 1 nitrogen and oxygen atoms in total. The van der Waals surface area contributed by atoms with E-state index in [1.54, 1.807) is 6.07 Å². The number of aliphatic hydroxyl groups excluding tert-OH is 1. The lowest BCUT2D eigenvalue weighted by atomic mass is 9.95. The molecule has 0 amide bonds. The Morgan fingerprint density at radius 1 is 1.00 bits per heavy atom. The van der Waals surface area contributed by atoms with Crippen LogP contribution in [0.15, 0.2) is 24.3 Å². The van der Waals surface area contributed by atoms with Crippen LogP contribution in [0.1, 0.15) is 42.2 Å². The lowest BCUT2D eigenvalue weighted by molar-refractivity contribution is 0.216. The first-order chi connectivity index (χ1) is 9.21. The van der Waals surface area contributed by atoms with Crippen LogP contribution in [0.5, 0.6) is 0 Å². The summed E-state index contributed by atoms with van der Waals surface area (Å²) in [5.41, 5.74) is -0.346. The predicted molar refractivity (Wildman–Crippen MR) is 73.4 cm³/mol. The number of benzene rings is 1. The first-order valence-corrected chi connectivity index (χ1v) is 6.95. The van der Waals surface area contributed by atoms with Gasteiger partial charge in [0.25, 0.3) is 0 Å². The smallest absolute Gasteiger partial charge is 0.194 e. The topological polar surface area (TPSA) is 20.2 Å². The molecule has 108 valence electrons. The molecule has 0 fully saturated rings. The third-order valence-corrected chi connectivity index (χ3v) is 4.56. The molecule has 0 spiro atoms. The van der Waals surface area contributed by atoms with Crippen LogP contribution < -0.4 is 0 Å². The first kappa shape index (κ1) is 15.1. The van der Waals surface area contributed by atoms with Gasteiger partial charge in [-0.1, -0.05) is 20.8 Å². The Morgan fingerprint density at radius 3 is 2.20 bits per heavy atom. The molecule has 0 saturated heterocycles. The van der Waals surface area contributed by atoms with Crippen LogP contribution in [0.25, 0.3) is 0 Å². The van der Waals surface area contributed by atoms with Crippen molar-refractivity contribution >= 4 is 11.3 Å². The quantitative estimate of drug-likeness (QED) is 0.807. The molecule has 1 N–H and O–H groups in total. The van der Waals surface area contributed by atoms with Gasteiger partial charge in [-0.2, -0.15) is 0 Å². The monoisotopic (exact) mass is 300 g/mol. The molecule has 0 aliphatic rings. The third kappa shape index (κ3) is 2.74. The molecule has 1 atom stereocenters. The maximum Gasteiger partial charge on any atom is 0.194 e. The molecule has 2 aromatic rings. The number of hydrogen-bond acceptors (Lipinski definition) is 2. The van der Waals surface area contributed by atoms with E-state index in [9.17, 15) is 18.3 Å². The Kier molecular flexibility index (Phi) is 3.93. The third-order valence-electron chi connectivity index (χ3n) is 3.00. The highest BCUT2D eigenvalue weighted by Crippen LogP contribution is 2.35. The average Bonchev–Trinajstić information content (AvgIpc) is 2.85. The molecular weight excluding hydrogens is 285 g/mol. The molecule has 0 saturated carbocycles. The number of hydrogen-bond donors (Lipinski definition) is 1. The summed E-state index contributed by atoms with van der Waals surface area (Å²) < 4.78 is 39.8. The molecule has 1 unspecified atom stereocenters. The summed E-state index contributed by atoms with van der Waals surface area (Å²) in [6.45, 7) is 6.06. The van der Waals surface area contributed by atoms with E-state index in [1.807, 2.05) is 26.8 Å². The van der Waals surface area contributed by atoms with Gasteiger partial charge in [0.1, 0.15) is 6.10 Å². The second-order valence-electron chi connectivity index (χ2n) is 5.62. The van der Waals surface area contributed by atoms with Gasteiger partial charge in [-0.15, -0.1) is 11.3 Å².